The van der Waals surface area contributed by atoms with E-state index in [-0.39, 0.29) is 12.1 Å². The molecule has 1 N–H and O–H groups in total. The normalized spacial score (nSPS) is 11.9. The Hall–Kier alpha value is -2.69. The van der Waals surface area contributed by atoms with Crippen molar-refractivity contribution in [1.82, 2.24) is 0 Å². The molecule has 2 rings (SSSR count). The number of carboxylic acid groups (broad SMARTS) is 1. The molecular formula is C17H17NO4. The van der Waals surface area contributed by atoms with E-state index in [2.05, 4.69) is 0 Å². The van der Waals surface area contributed by atoms with Gasteiger partial charge in [-0.1, -0.05) is 42.0 Å². The van der Waals surface area contributed by atoms with Crippen molar-refractivity contribution in [2.24, 2.45) is 0 Å². The van der Waals surface area contributed by atoms with Crippen molar-refractivity contribution < 1.29 is 14.8 Å². The van der Waals surface area contributed by atoms with Gasteiger partial charge in [-0.2, -0.15) is 0 Å². The average Bonchev–Trinajstić information content (AvgIpc) is 2.47. The van der Waals surface area contributed by atoms with Crippen LogP contribution in [0.1, 0.15) is 28.2 Å². The minimum Gasteiger partial charge on any atom is -0.481 e. The van der Waals surface area contributed by atoms with Gasteiger partial charge < -0.3 is 5.11 Å². The highest BCUT2D eigenvalue weighted by Gasteiger charge is 2.25. The largest absolute Gasteiger partial charge is 0.481 e. The summed E-state index contributed by atoms with van der Waals surface area (Å²) in [6.45, 7) is 3.75. The van der Waals surface area contributed by atoms with E-state index in [0.717, 1.165) is 11.1 Å². The van der Waals surface area contributed by atoms with Crippen molar-refractivity contribution >= 4 is 11.7 Å². The maximum absolute atomic E-state index is 11.7. The molecule has 1 unspecified atom stereocenters. The summed E-state index contributed by atoms with van der Waals surface area (Å²) < 4.78 is 0. The monoisotopic (exact) mass is 299 g/mol. The fraction of sp³-hybridized carbons (Fsp3) is 0.235. The van der Waals surface area contributed by atoms with Crippen LogP contribution in [0.4, 0.5) is 5.69 Å². The van der Waals surface area contributed by atoms with Gasteiger partial charge in [-0.25, -0.2) is 0 Å². The third-order valence-corrected chi connectivity index (χ3v) is 3.72. The van der Waals surface area contributed by atoms with Crippen LogP contribution < -0.4 is 0 Å². The fourth-order valence-electron chi connectivity index (χ4n) is 2.55. The van der Waals surface area contributed by atoms with Gasteiger partial charge in [0.25, 0.3) is 5.69 Å². The maximum atomic E-state index is 11.7. The number of nitro benzene ring substituents is 1. The molecule has 0 amide bonds. The second-order valence-corrected chi connectivity index (χ2v) is 5.34. The number of nitrogens with zero attached hydrogens (tertiary/aromatic N) is 1. The predicted molar refractivity (Wildman–Crippen MR) is 83.1 cm³/mol. The Balaban J connectivity index is 2.45. The number of hydrogen-bond acceptors (Lipinski definition) is 3. The zero-order chi connectivity index (χ0) is 16.3. The van der Waals surface area contributed by atoms with Crippen molar-refractivity contribution in [2.75, 3.05) is 0 Å². The summed E-state index contributed by atoms with van der Waals surface area (Å²) in [5.74, 6) is -1.78. The summed E-state index contributed by atoms with van der Waals surface area (Å²) in [6.07, 6.45) is 0.0940. The van der Waals surface area contributed by atoms with Crippen molar-refractivity contribution in [1.29, 1.82) is 0 Å². The molecule has 2 aromatic rings. The van der Waals surface area contributed by atoms with Crippen LogP contribution in [-0.2, 0) is 11.2 Å². The van der Waals surface area contributed by atoms with E-state index in [1.807, 2.05) is 32.0 Å². The Morgan fingerprint density at radius 1 is 1.23 bits per heavy atom. The van der Waals surface area contributed by atoms with Crippen molar-refractivity contribution in [3.05, 3.63) is 74.8 Å². The lowest BCUT2D eigenvalue weighted by atomic mass is 9.88. The minimum absolute atomic E-state index is 0.0425. The van der Waals surface area contributed by atoms with Crippen LogP contribution in [0.5, 0.6) is 0 Å². The van der Waals surface area contributed by atoms with E-state index in [0.29, 0.717) is 11.1 Å². The van der Waals surface area contributed by atoms with Gasteiger partial charge >= 0.3 is 5.97 Å². The standard InChI is InChI=1S/C17H17NO4/c1-11-7-8-12(2)14(9-11)15(17(19)20)10-13-5-3-4-6-16(13)18(21)22/h3-9,15H,10H2,1-2H3,(H,19,20). The number of hydrogen-bond donors (Lipinski definition) is 1. The molecule has 0 aromatic heterocycles. The number of benzene rings is 2. The lowest BCUT2D eigenvalue weighted by molar-refractivity contribution is -0.385. The zero-order valence-electron chi connectivity index (χ0n) is 12.4. The van der Waals surface area contributed by atoms with E-state index in [9.17, 15) is 20.0 Å². The highest BCUT2D eigenvalue weighted by atomic mass is 16.6. The van der Waals surface area contributed by atoms with Gasteiger partial charge in [0.1, 0.15) is 0 Å². The van der Waals surface area contributed by atoms with Crippen molar-refractivity contribution in [2.45, 2.75) is 26.2 Å². The minimum atomic E-state index is -0.980. The Kier molecular flexibility index (Phi) is 4.56. The van der Waals surface area contributed by atoms with Crippen LogP contribution in [0.25, 0.3) is 0 Å². The SMILES string of the molecule is Cc1ccc(C)c(C(Cc2ccccc2[N+](=O)[O-])C(=O)O)c1. The third kappa shape index (κ3) is 3.31. The second-order valence-electron chi connectivity index (χ2n) is 5.34. The first-order valence-electron chi connectivity index (χ1n) is 6.92. The van der Waals surface area contributed by atoms with Crippen LogP contribution in [0.3, 0.4) is 0 Å². The Labute approximate surface area is 128 Å². The first-order chi connectivity index (χ1) is 10.4. The molecule has 0 saturated heterocycles. The average molecular weight is 299 g/mol. The first-order valence-corrected chi connectivity index (χ1v) is 6.92. The van der Waals surface area contributed by atoms with Crippen molar-refractivity contribution in [3.63, 3.8) is 0 Å². The number of carboxylic acids is 1. The number of rotatable bonds is 5. The molecule has 114 valence electrons. The van der Waals surface area contributed by atoms with E-state index in [4.69, 9.17) is 0 Å². The summed E-state index contributed by atoms with van der Waals surface area (Å²) >= 11 is 0. The number of carbonyl (C=O) groups is 1. The van der Waals surface area contributed by atoms with Gasteiger partial charge in [-0.05, 0) is 31.4 Å². The highest BCUT2D eigenvalue weighted by Crippen LogP contribution is 2.29. The van der Waals surface area contributed by atoms with Gasteiger partial charge in [0.15, 0.2) is 0 Å². The number of para-hydroxylation sites is 1. The third-order valence-electron chi connectivity index (χ3n) is 3.72. The Morgan fingerprint density at radius 3 is 2.55 bits per heavy atom. The zero-order valence-corrected chi connectivity index (χ0v) is 12.4. The molecule has 0 radical (unpaired) electrons. The molecule has 0 aliphatic carbocycles. The van der Waals surface area contributed by atoms with E-state index >= 15 is 0 Å². The Bertz CT molecular complexity index is 724. The van der Waals surface area contributed by atoms with E-state index in [1.54, 1.807) is 18.2 Å². The number of aryl methyl sites for hydroxylation is 2. The molecule has 5 heteroatoms. The molecule has 0 spiro atoms. The van der Waals surface area contributed by atoms with E-state index in [1.165, 1.54) is 6.07 Å². The molecule has 0 aliphatic rings. The molecule has 2 aromatic carbocycles. The fourth-order valence-corrected chi connectivity index (χ4v) is 2.55. The molecule has 0 heterocycles. The summed E-state index contributed by atoms with van der Waals surface area (Å²) in [6, 6.07) is 11.9. The van der Waals surface area contributed by atoms with Gasteiger partial charge in [0, 0.05) is 11.6 Å². The lowest BCUT2D eigenvalue weighted by Gasteiger charge is -2.16. The van der Waals surface area contributed by atoms with Crippen LogP contribution in [0.15, 0.2) is 42.5 Å². The quantitative estimate of drug-likeness (QED) is 0.675. The highest BCUT2D eigenvalue weighted by molar-refractivity contribution is 5.77. The summed E-state index contributed by atoms with van der Waals surface area (Å²) in [5, 5.41) is 20.7. The maximum Gasteiger partial charge on any atom is 0.311 e. The number of aliphatic carboxylic acids is 1. The molecule has 1 atom stereocenters. The van der Waals surface area contributed by atoms with Crippen LogP contribution in [-0.4, -0.2) is 16.0 Å². The van der Waals surface area contributed by atoms with Gasteiger partial charge in [0.05, 0.1) is 10.8 Å². The summed E-state index contributed by atoms with van der Waals surface area (Å²) in [5.41, 5.74) is 2.93. The van der Waals surface area contributed by atoms with Crippen LogP contribution >= 0.6 is 0 Å². The summed E-state index contributed by atoms with van der Waals surface area (Å²) in [4.78, 5) is 22.3. The van der Waals surface area contributed by atoms with E-state index < -0.39 is 16.8 Å². The summed E-state index contributed by atoms with van der Waals surface area (Å²) in [7, 11) is 0. The lowest BCUT2D eigenvalue weighted by Crippen LogP contribution is -2.16. The molecular weight excluding hydrogens is 282 g/mol. The van der Waals surface area contributed by atoms with Gasteiger partial charge in [-0.3, -0.25) is 14.9 Å². The smallest absolute Gasteiger partial charge is 0.311 e. The van der Waals surface area contributed by atoms with Gasteiger partial charge in [0.2, 0.25) is 0 Å². The van der Waals surface area contributed by atoms with Crippen LogP contribution in [0.2, 0.25) is 0 Å². The molecule has 0 aliphatic heterocycles. The van der Waals surface area contributed by atoms with Crippen molar-refractivity contribution in [3.8, 4) is 0 Å². The Morgan fingerprint density at radius 2 is 1.91 bits per heavy atom. The topological polar surface area (TPSA) is 80.4 Å². The van der Waals surface area contributed by atoms with Gasteiger partial charge in [-0.15, -0.1) is 0 Å². The predicted octanol–water partition coefficient (Wildman–Crippen LogP) is 3.62. The molecule has 0 bridgehead atoms. The van der Waals surface area contributed by atoms with Crippen LogP contribution in [0, 0.1) is 24.0 Å². The number of nitro groups is 1. The molecule has 5 nitrogen and oxygen atoms in total. The molecule has 0 fully saturated rings. The first kappa shape index (κ1) is 15.7. The molecule has 0 saturated carbocycles. The second kappa shape index (κ2) is 6.39. The molecule has 22 heavy (non-hydrogen) atoms.